The minimum Gasteiger partial charge on any atom is -0.341 e. The van der Waals surface area contributed by atoms with Gasteiger partial charge in [-0.05, 0) is 31.0 Å². The first-order valence-electron chi connectivity index (χ1n) is 8.65. The fraction of sp³-hybridized carbons (Fsp3) is 0.412. The molecule has 136 valence electrons. The molecule has 1 aliphatic rings. The largest absolute Gasteiger partial charge is 0.341 e. The molecule has 3 heterocycles. The molecule has 1 aromatic carbocycles. The quantitative estimate of drug-likeness (QED) is 0.593. The highest BCUT2D eigenvalue weighted by Gasteiger charge is 2.23. The summed E-state index contributed by atoms with van der Waals surface area (Å²) in [6, 6.07) is 7.74. The first-order chi connectivity index (χ1) is 12.7. The third-order valence-electron chi connectivity index (χ3n) is 4.22. The molecular formula is C17H19ClN6OS. The highest BCUT2D eigenvalue weighted by Crippen LogP contribution is 2.30. The second-order valence-electron chi connectivity index (χ2n) is 6.04. The van der Waals surface area contributed by atoms with Crippen molar-refractivity contribution < 1.29 is 4.52 Å². The van der Waals surface area contributed by atoms with Gasteiger partial charge in [0.25, 0.3) is 0 Å². The number of benzene rings is 1. The van der Waals surface area contributed by atoms with Crippen molar-refractivity contribution in [3.8, 4) is 5.69 Å². The van der Waals surface area contributed by atoms with E-state index in [1.54, 1.807) is 0 Å². The van der Waals surface area contributed by atoms with Crippen molar-refractivity contribution in [1.82, 2.24) is 24.9 Å². The van der Waals surface area contributed by atoms with E-state index in [9.17, 15) is 0 Å². The van der Waals surface area contributed by atoms with Gasteiger partial charge in [-0.2, -0.15) is 4.98 Å². The molecule has 0 amide bonds. The average molecular weight is 391 g/mol. The fourth-order valence-corrected chi connectivity index (χ4v) is 3.91. The summed E-state index contributed by atoms with van der Waals surface area (Å²) in [6.07, 6.45) is 3.10. The van der Waals surface area contributed by atoms with Crippen LogP contribution in [-0.2, 0) is 12.2 Å². The van der Waals surface area contributed by atoms with Crippen molar-refractivity contribution >= 4 is 29.3 Å². The van der Waals surface area contributed by atoms with Crippen LogP contribution >= 0.6 is 23.4 Å². The monoisotopic (exact) mass is 390 g/mol. The predicted molar refractivity (Wildman–Crippen MR) is 101 cm³/mol. The maximum absolute atomic E-state index is 6.21. The molecule has 7 nitrogen and oxygen atoms in total. The summed E-state index contributed by atoms with van der Waals surface area (Å²) in [5.41, 5.74) is 0.951. The first-order valence-corrected chi connectivity index (χ1v) is 10.0. The zero-order valence-corrected chi connectivity index (χ0v) is 16.0. The minimum atomic E-state index is 0.547. The molecule has 0 aliphatic carbocycles. The predicted octanol–water partition coefficient (Wildman–Crippen LogP) is 3.76. The van der Waals surface area contributed by atoms with Gasteiger partial charge in [-0.1, -0.05) is 41.5 Å². The Balaban J connectivity index is 1.65. The summed E-state index contributed by atoms with van der Waals surface area (Å²) < 4.78 is 7.33. The molecule has 1 aliphatic heterocycles. The fourth-order valence-electron chi connectivity index (χ4n) is 2.94. The maximum Gasteiger partial charge on any atom is 0.237 e. The van der Waals surface area contributed by atoms with Crippen molar-refractivity contribution in [1.29, 1.82) is 0 Å². The molecule has 0 saturated carbocycles. The number of hydrogen-bond acceptors (Lipinski definition) is 7. The van der Waals surface area contributed by atoms with Crippen molar-refractivity contribution in [2.24, 2.45) is 0 Å². The molecule has 1 saturated heterocycles. The van der Waals surface area contributed by atoms with Crippen LogP contribution in [0.3, 0.4) is 0 Å². The molecule has 0 spiro atoms. The standard InChI is InChI=1S/C17H19ClN6OS/c1-2-14-19-15(25-22-14)11-26-17-21-20-16(23-8-3-4-9-23)24(17)13-7-5-6-12(18)10-13/h5-7,10H,2-4,8-9,11H2,1H3. The van der Waals surface area contributed by atoms with Crippen LogP contribution in [0.15, 0.2) is 33.9 Å². The van der Waals surface area contributed by atoms with Gasteiger partial charge in [0.15, 0.2) is 11.0 Å². The summed E-state index contributed by atoms with van der Waals surface area (Å²) in [4.78, 5) is 6.62. The average Bonchev–Trinajstić information content (AvgIpc) is 3.39. The van der Waals surface area contributed by atoms with E-state index >= 15 is 0 Å². The highest BCUT2D eigenvalue weighted by atomic mass is 35.5. The van der Waals surface area contributed by atoms with Crippen LogP contribution in [0.4, 0.5) is 5.95 Å². The number of anilines is 1. The van der Waals surface area contributed by atoms with E-state index in [0.717, 1.165) is 42.1 Å². The number of rotatable bonds is 6. The number of thioether (sulfide) groups is 1. The molecule has 2 aromatic heterocycles. The minimum absolute atomic E-state index is 0.547. The third-order valence-corrected chi connectivity index (χ3v) is 5.37. The van der Waals surface area contributed by atoms with E-state index < -0.39 is 0 Å². The molecule has 0 bridgehead atoms. The molecule has 26 heavy (non-hydrogen) atoms. The Morgan fingerprint density at radius 1 is 1.23 bits per heavy atom. The van der Waals surface area contributed by atoms with Crippen LogP contribution in [0.25, 0.3) is 5.69 Å². The lowest BCUT2D eigenvalue weighted by atomic mass is 10.3. The number of halogens is 1. The third kappa shape index (κ3) is 3.57. The van der Waals surface area contributed by atoms with Crippen LogP contribution in [0.5, 0.6) is 0 Å². The van der Waals surface area contributed by atoms with Crippen LogP contribution < -0.4 is 4.90 Å². The van der Waals surface area contributed by atoms with Gasteiger partial charge in [-0.3, -0.25) is 4.57 Å². The molecule has 1 fully saturated rings. The Morgan fingerprint density at radius 2 is 2.08 bits per heavy atom. The molecule has 3 aromatic rings. The Bertz CT molecular complexity index is 889. The van der Waals surface area contributed by atoms with Gasteiger partial charge in [-0.15, -0.1) is 10.2 Å². The van der Waals surface area contributed by atoms with Gasteiger partial charge in [0.1, 0.15) is 0 Å². The lowest BCUT2D eigenvalue weighted by Crippen LogP contribution is -2.22. The van der Waals surface area contributed by atoms with Gasteiger partial charge in [0.05, 0.1) is 11.4 Å². The van der Waals surface area contributed by atoms with E-state index in [1.165, 1.54) is 24.6 Å². The summed E-state index contributed by atoms with van der Waals surface area (Å²) in [6.45, 7) is 3.99. The van der Waals surface area contributed by atoms with Gasteiger partial charge in [0, 0.05) is 24.5 Å². The Kier molecular flexibility index (Phi) is 5.12. The first kappa shape index (κ1) is 17.4. The summed E-state index contributed by atoms with van der Waals surface area (Å²) >= 11 is 7.74. The lowest BCUT2D eigenvalue weighted by molar-refractivity contribution is 0.385. The number of nitrogens with zero attached hydrogens (tertiary/aromatic N) is 6. The Labute approximate surface area is 160 Å². The summed E-state index contributed by atoms with van der Waals surface area (Å²) in [5.74, 6) is 2.71. The normalized spacial score (nSPS) is 14.3. The second-order valence-corrected chi connectivity index (χ2v) is 7.42. The van der Waals surface area contributed by atoms with E-state index in [-0.39, 0.29) is 0 Å². The van der Waals surface area contributed by atoms with E-state index in [1.807, 2.05) is 31.2 Å². The lowest BCUT2D eigenvalue weighted by Gasteiger charge is -2.18. The smallest absolute Gasteiger partial charge is 0.237 e. The molecule has 0 N–H and O–H groups in total. The van der Waals surface area contributed by atoms with Crippen LogP contribution in [0, 0.1) is 0 Å². The highest BCUT2D eigenvalue weighted by molar-refractivity contribution is 7.98. The summed E-state index contributed by atoms with van der Waals surface area (Å²) in [7, 11) is 0. The van der Waals surface area contributed by atoms with Crippen molar-refractivity contribution in [2.45, 2.75) is 37.1 Å². The number of hydrogen-bond donors (Lipinski definition) is 0. The van der Waals surface area contributed by atoms with Crippen LogP contribution in [0.1, 0.15) is 31.5 Å². The van der Waals surface area contributed by atoms with Gasteiger partial charge in [0.2, 0.25) is 11.8 Å². The zero-order valence-electron chi connectivity index (χ0n) is 14.4. The number of aromatic nitrogens is 5. The Morgan fingerprint density at radius 3 is 2.81 bits per heavy atom. The van der Waals surface area contributed by atoms with Crippen LogP contribution in [0.2, 0.25) is 5.02 Å². The van der Waals surface area contributed by atoms with Gasteiger partial charge < -0.3 is 9.42 Å². The van der Waals surface area contributed by atoms with Crippen molar-refractivity contribution in [3.05, 3.63) is 41.0 Å². The van der Waals surface area contributed by atoms with Crippen LogP contribution in [-0.4, -0.2) is 38.0 Å². The van der Waals surface area contributed by atoms with E-state index in [2.05, 4.69) is 29.8 Å². The molecule has 0 atom stereocenters. The van der Waals surface area contributed by atoms with Gasteiger partial charge >= 0.3 is 0 Å². The van der Waals surface area contributed by atoms with Gasteiger partial charge in [-0.25, -0.2) is 0 Å². The molecular weight excluding hydrogens is 372 g/mol. The van der Waals surface area contributed by atoms with Crippen molar-refractivity contribution in [2.75, 3.05) is 18.0 Å². The maximum atomic E-state index is 6.21. The number of aryl methyl sites for hydroxylation is 1. The molecule has 0 radical (unpaired) electrons. The van der Waals surface area contributed by atoms with Crippen molar-refractivity contribution in [3.63, 3.8) is 0 Å². The summed E-state index contributed by atoms with van der Waals surface area (Å²) in [5, 5.41) is 14.3. The molecule has 9 heteroatoms. The van der Waals surface area contributed by atoms with E-state index in [0.29, 0.717) is 16.7 Å². The topological polar surface area (TPSA) is 72.9 Å². The second kappa shape index (κ2) is 7.67. The SMILES string of the molecule is CCc1noc(CSc2nnc(N3CCCC3)n2-c2cccc(Cl)c2)n1. The van der Waals surface area contributed by atoms with E-state index in [4.69, 9.17) is 16.1 Å². The Hall–Kier alpha value is -2.06. The molecule has 0 unspecified atom stereocenters. The molecule has 4 rings (SSSR count). The zero-order chi connectivity index (χ0) is 17.9.